The van der Waals surface area contributed by atoms with Crippen molar-refractivity contribution < 1.29 is 9.59 Å². The molecule has 2 aliphatic rings. The summed E-state index contributed by atoms with van der Waals surface area (Å²) in [6, 6.07) is 11.8. The van der Waals surface area contributed by atoms with Gasteiger partial charge in [-0.15, -0.1) is 0 Å². The zero-order valence-electron chi connectivity index (χ0n) is 17.1. The monoisotopic (exact) mass is 391 g/mol. The van der Waals surface area contributed by atoms with Crippen LogP contribution in [0.1, 0.15) is 37.7 Å². The van der Waals surface area contributed by atoms with Gasteiger partial charge in [-0.1, -0.05) is 49.6 Å². The number of amides is 2. The number of benzene rings is 1. The topological polar surface area (TPSA) is 53.5 Å². The minimum absolute atomic E-state index is 0.0483. The number of hydrogen-bond acceptors (Lipinski definition) is 3. The Morgan fingerprint density at radius 3 is 2.62 bits per heavy atom. The molecule has 2 amide bonds. The molecule has 0 unspecified atom stereocenters. The summed E-state index contributed by atoms with van der Waals surface area (Å²) in [4.78, 5) is 34.1. The van der Waals surface area contributed by atoms with Gasteiger partial charge in [-0.05, 0) is 35.6 Å². The van der Waals surface area contributed by atoms with Gasteiger partial charge in [0.1, 0.15) is 6.04 Å². The highest BCUT2D eigenvalue weighted by Gasteiger charge is 2.38. The fourth-order valence-electron chi connectivity index (χ4n) is 4.59. The molecule has 152 valence electrons. The van der Waals surface area contributed by atoms with Crippen molar-refractivity contribution >= 4 is 11.8 Å². The lowest BCUT2D eigenvalue weighted by atomic mass is 9.87. The lowest BCUT2D eigenvalue weighted by molar-refractivity contribution is -0.153. The third kappa shape index (κ3) is 4.34. The summed E-state index contributed by atoms with van der Waals surface area (Å²) < 4.78 is 0. The van der Waals surface area contributed by atoms with Crippen LogP contribution in [-0.4, -0.2) is 52.8 Å². The largest absolute Gasteiger partial charge is 0.342 e. The van der Waals surface area contributed by atoms with Crippen LogP contribution in [0.15, 0.2) is 48.8 Å². The summed E-state index contributed by atoms with van der Waals surface area (Å²) in [6.07, 6.45) is 9.54. The predicted octanol–water partition coefficient (Wildman–Crippen LogP) is 3.54. The van der Waals surface area contributed by atoms with E-state index >= 15 is 0 Å². The van der Waals surface area contributed by atoms with E-state index in [1.54, 1.807) is 11.1 Å². The second-order valence-electron chi connectivity index (χ2n) is 8.29. The Hall–Kier alpha value is -2.69. The van der Waals surface area contributed by atoms with E-state index in [4.69, 9.17) is 0 Å². The summed E-state index contributed by atoms with van der Waals surface area (Å²) in [6.45, 7) is 1.24. The number of aromatic nitrogens is 1. The van der Waals surface area contributed by atoms with Crippen molar-refractivity contribution in [3.63, 3.8) is 0 Å². The molecule has 0 N–H and O–H groups in total. The van der Waals surface area contributed by atoms with E-state index in [1.807, 2.05) is 42.4 Å². The second kappa shape index (κ2) is 8.76. The van der Waals surface area contributed by atoms with Crippen molar-refractivity contribution in [3.05, 3.63) is 54.4 Å². The first-order valence-electron chi connectivity index (χ1n) is 10.7. The highest BCUT2D eigenvalue weighted by molar-refractivity contribution is 5.90. The number of carbonyl (C=O) groups excluding carboxylic acids is 2. The van der Waals surface area contributed by atoms with Gasteiger partial charge in [-0.3, -0.25) is 14.6 Å². The molecule has 1 aromatic carbocycles. The predicted molar refractivity (Wildman–Crippen MR) is 113 cm³/mol. The number of likely N-dealkylation sites (N-methyl/N-ethyl adjacent to an activating group) is 1. The maximum absolute atomic E-state index is 13.2. The first kappa shape index (κ1) is 19.6. The molecule has 1 saturated heterocycles. The van der Waals surface area contributed by atoms with Crippen molar-refractivity contribution in [1.82, 2.24) is 14.8 Å². The number of nitrogens with zero attached hydrogens (tertiary/aromatic N) is 3. The lowest BCUT2D eigenvalue weighted by Crippen LogP contribution is -2.59. The zero-order valence-corrected chi connectivity index (χ0v) is 17.1. The second-order valence-corrected chi connectivity index (χ2v) is 8.29. The van der Waals surface area contributed by atoms with E-state index in [9.17, 15) is 9.59 Å². The Morgan fingerprint density at radius 2 is 1.86 bits per heavy atom. The average Bonchev–Trinajstić information content (AvgIpc) is 2.78. The molecule has 0 bridgehead atoms. The van der Waals surface area contributed by atoms with Gasteiger partial charge in [0.05, 0.1) is 0 Å². The SMILES string of the molecule is CN1CCN(C(=O)C2CCCCC2)[C@H](Cc2cccc(-c3cccnc3)c2)C1=O. The molecule has 5 nitrogen and oxygen atoms in total. The van der Waals surface area contributed by atoms with Gasteiger partial charge >= 0.3 is 0 Å². The molecular formula is C24H29N3O2. The summed E-state index contributed by atoms with van der Waals surface area (Å²) in [5.74, 6) is 0.316. The zero-order chi connectivity index (χ0) is 20.2. The lowest BCUT2D eigenvalue weighted by Gasteiger charge is -2.41. The van der Waals surface area contributed by atoms with Crippen LogP contribution in [0.5, 0.6) is 0 Å². The number of carbonyl (C=O) groups is 2. The van der Waals surface area contributed by atoms with Crippen LogP contribution in [0.2, 0.25) is 0 Å². The van der Waals surface area contributed by atoms with E-state index in [0.29, 0.717) is 19.5 Å². The van der Waals surface area contributed by atoms with E-state index in [0.717, 1.165) is 42.4 Å². The minimum Gasteiger partial charge on any atom is -0.342 e. The quantitative estimate of drug-likeness (QED) is 0.801. The molecule has 1 atom stereocenters. The highest BCUT2D eigenvalue weighted by atomic mass is 16.2. The van der Waals surface area contributed by atoms with Gasteiger partial charge in [-0.2, -0.15) is 0 Å². The van der Waals surface area contributed by atoms with Crippen molar-refractivity contribution in [2.75, 3.05) is 20.1 Å². The molecule has 2 aromatic rings. The van der Waals surface area contributed by atoms with Gasteiger partial charge in [0, 0.05) is 44.9 Å². The van der Waals surface area contributed by atoms with Gasteiger partial charge in [0.15, 0.2) is 0 Å². The van der Waals surface area contributed by atoms with E-state index in [2.05, 4.69) is 17.1 Å². The van der Waals surface area contributed by atoms with Crippen LogP contribution < -0.4 is 0 Å². The van der Waals surface area contributed by atoms with Crippen molar-refractivity contribution in [1.29, 1.82) is 0 Å². The van der Waals surface area contributed by atoms with E-state index < -0.39 is 6.04 Å². The molecule has 29 heavy (non-hydrogen) atoms. The first-order valence-corrected chi connectivity index (χ1v) is 10.7. The Labute approximate surface area is 172 Å². The van der Waals surface area contributed by atoms with Crippen LogP contribution in [0.3, 0.4) is 0 Å². The van der Waals surface area contributed by atoms with Gasteiger partial charge in [0.25, 0.3) is 0 Å². The van der Waals surface area contributed by atoms with Gasteiger partial charge < -0.3 is 9.80 Å². The molecule has 5 heteroatoms. The minimum atomic E-state index is -0.410. The van der Waals surface area contributed by atoms with E-state index in [-0.39, 0.29) is 17.7 Å². The smallest absolute Gasteiger partial charge is 0.245 e. The molecule has 1 aliphatic carbocycles. The van der Waals surface area contributed by atoms with Crippen molar-refractivity contribution in [3.8, 4) is 11.1 Å². The summed E-state index contributed by atoms with van der Waals surface area (Å²) >= 11 is 0. The van der Waals surface area contributed by atoms with Gasteiger partial charge in [0.2, 0.25) is 11.8 Å². The number of piperazine rings is 1. The van der Waals surface area contributed by atoms with Crippen molar-refractivity contribution in [2.24, 2.45) is 5.92 Å². The summed E-state index contributed by atoms with van der Waals surface area (Å²) in [5, 5.41) is 0. The molecule has 1 saturated carbocycles. The third-order valence-corrected chi connectivity index (χ3v) is 6.30. The molecule has 1 aromatic heterocycles. The highest BCUT2D eigenvalue weighted by Crippen LogP contribution is 2.28. The Morgan fingerprint density at radius 1 is 1.07 bits per heavy atom. The van der Waals surface area contributed by atoms with Crippen LogP contribution in [-0.2, 0) is 16.0 Å². The van der Waals surface area contributed by atoms with Crippen LogP contribution in [0, 0.1) is 5.92 Å². The number of hydrogen-bond donors (Lipinski definition) is 0. The van der Waals surface area contributed by atoms with Crippen LogP contribution in [0.25, 0.3) is 11.1 Å². The fourth-order valence-corrected chi connectivity index (χ4v) is 4.59. The van der Waals surface area contributed by atoms with Gasteiger partial charge in [-0.25, -0.2) is 0 Å². The molecule has 4 rings (SSSR count). The van der Waals surface area contributed by atoms with E-state index in [1.165, 1.54) is 6.42 Å². The maximum atomic E-state index is 13.2. The number of pyridine rings is 1. The molecule has 0 radical (unpaired) electrons. The first-order chi connectivity index (χ1) is 14.1. The summed E-state index contributed by atoms with van der Waals surface area (Å²) in [7, 11) is 1.84. The fraction of sp³-hybridized carbons (Fsp3) is 0.458. The molecule has 0 spiro atoms. The molecule has 1 aliphatic heterocycles. The summed E-state index contributed by atoms with van der Waals surface area (Å²) in [5.41, 5.74) is 3.20. The Kier molecular flexibility index (Phi) is 5.93. The Bertz CT molecular complexity index is 861. The maximum Gasteiger partial charge on any atom is 0.245 e. The Balaban J connectivity index is 1.57. The standard InChI is InChI=1S/C24H29N3O2/c1-26-13-14-27(23(28)19-8-3-2-4-9-19)22(24(26)29)16-18-7-5-10-20(15-18)21-11-6-12-25-17-21/h5-7,10-12,15,17,19,22H,2-4,8-9,13-14,16H2,1H3/t22-/m1/s1. The molecular weight excluding hydrogens is 362 g/mol. The molecule has 2 fully saturated rings. The van der Waals surface area contributed by atoms with Crippen molar-refractivity contribution in [2.45, 2.75) is 44.6 Å². The average molecular weight is 392 g/mol. The van der Waals surface area contributed by atoms with Crippen LogP contribution in [0.4, 0.5) is 0 Å². The molecule has 2 heterocycles. The van der Waals surface area contributed by atoms with Crippen LogP contribution >= 0.6 is 0 Å². The normalized spacial score (nSPS) is 20.7. The third-order valence-electron chi connectivity index (χ3n) is 6.30. The number of rotatable bonds is 4.